The molecule has 0 aromatic heterocycles. The maximum absolute atomic E-state index is 10.6. The van der Waals surface area contributed by atoms with Crippen molar-refractivity contribution in [2.45, 2.75) is 45.6 Å². The number of aliphatic carboxylic acids is 1. The second-order valence-electron chi connectivity index (χ2n) is 9.19. The number of nitrogens with zero attached hydrogens (tertiary/aromatic N) is 2. The maximum atomic E-state index is 10.6. The van der Waals surface area contributed by atoms with E-state index in [2.05, 4.69) is 34.1 Å². The van der Waals surface area contributed by atoms with E-state index in [0.717, 1.165) is 49.5 Å². The molecule has 0 saturated carbocycles. The Morgan fingerprint density at radius 2 is 1.91 bits per heavy atom. The molecule has 0 aliphatic carbocycles. The topological polar surface area (TPSA) is 62.2 Å². The van der Waals surface area contributed by atoms with E-state index in [1.165, 1.54) is 28.6 Å². The summed E-state index contributed by atoms with van der Waals surface area (Å²) in [6.07, 6.45) is 6.98. The van der Waals surface area contributed by atoms with Crippen LogP contribution in [0.5, 0.6) is 5.75 Å². The van der Waals surface area contributed by atoms with Crippen LogP contribution in [0.1, 0.15) is 37.8 Å². The van der Waals surface area contributed by atoms with Crippen LogP contribution < -0.4 is 9.64 Å². The van der Waals surface area contributed by atoms with Crippen LogP contribution in [0.3, 0.4) is 0 Å². The second-order valence-corrected chi connectivity index (χ2v) is 9.63. The van der Waals surface area contributed by atoms with Gasteiger partial charge in [-0.15, -0.1) is 0 Å². The minimum atomic E-state index is -0.909. The van der Waals surface area contributed by atoms with Gasteiger partial charge in [0.1, 0.15) is 12.4 Å². The number of likely N-dealkylation sites (N-methyl/N-ethyl adjacent to an activating group) is 1. The van der Waals surface area contributed by atoms with E-state index in [9.17, 15) is 4.79 Å². The maximum Gasteiger partial charge on any atom is 0.328 e. The Morgan fingerprint density at radius 3 is 2.69 bits per heavy atom. The third-order valence-corrected chi connectivity index (χ3v) is 6.23. The van der Waals surface area contributed by atoms with Crippen molar-refractivity contribution in [3.8, 4) is 5.75 Å². The minimum absolute atomic E-state index is 0.200. The van der Waals surface area contributed by atoms with E-state index in [4.69, 9.17) is 26.2 Å². The SMILES string of the molecule is CC(C)OCCOc1ccc2c(c1)CCc1ccc(Cl)cc1N2CCCCN(C)C/C=C/C(=O)O. The van der Waals surface area contributed by atoms with E-state index in [-0.39, 0.29) is 6.10 Å². The number of ether oxygens (including phenoxy) is 2. The van der Waals surface area contributed by atoms with Crippen LogP contribution in [0.2, 0.25) is 5.02 Å². The standard InChI is InChI=1S/C28H37ClN2O4/c1-21(2)34-17-18-35-25-12-13-26-23(19-25)9-8-22-10-11-24(29)20-27(22)31(26)16-5-4-14-30(3)15-6-7-28(32)33/h6-7,10-13,19-21H,4-5,8-9,14-18H2,1-3H3,(H,32,33)/b7-6+. The Labute approximate surface area is 214 Å². The summed E-state index contributed by atoms with van der Waals surface area (Å²) in [7, 11) is 2.01. The van der Waals surface area contributed by atoms with Crippen molar-refractivity contribution in [2.75, 3.05) is 44.8 Å². The van der Waals surface area contributed by atoms with Crippen LogP contribution in [-0.2, 0) is 22.4 Å². The van der Waals surface area contributed by atoms with E-state index < -0.39 is 5.97 Å². The Bertz CT molecular complexity index is 1010. The lowest BCUT2D eigenvalue weighted by Gasteiger charge is -2.28. The number of hydrogen-bond donors (Lipinski definition) is 1. The number of anilines is 2. The molecule has 2 aromatic rings. The fraction of sp³-hybridized carbons (Fsp3) is 0.464. The monoisotopic (exact) mass is 500 g/mol. The molecule has 0 radical (unpaired) electrons. The first kappa shape index (κ1) is 27.1. The molecule has 7 heteroatoms. The molecular formula is C28H37ClN2O4. The van der Waals surface area contributed by atoms with Gasteiger partial charge in [0.05, 0.1) is 12.7 Å². The molecule has 0 bridgehead atoms. The lowest BCUT2D eigenvalue weighted by molar-refractivity contribution is -0.131. The number of unbranched alkanes of at least 4 members (excludes halogenated alkanes) is 1. The highest BCUT2D eigenvalue weighted by Gasteiger charge is 2.21. The van der Waals surface area contributed by atoms with Crippen molar-refractivity contribution in [3.63, 3.8) is 0 Å². The number of benzene rings is 2. The quantitative estimate of drug-likeness (QED) is 0.280. The van der Waals surface area contributed by atoms with Gasteiger partial charge in [-0.25, -0.2) is 4.79 Å². The summed E-state index contributed by atoms with van der Waals surface area (Å²) in [5, 5.41) is 9.49. The summed E-state index contributed by atoms with van der Waals surface area (Å²) < 4.78 is 11.5. The summed E-state index contributed by atoms with van der Waals surface area (Å²) in [6, 6.07) is 12.5. The number of rotatable bonds is 13. The zero-order valence-corrected chi connectivity index (χ0v) is 21.8. The number of carbonyl (C=O) groups is 1. The molecule has 1 aliphatic rings. The molecule has 190 valence electrons. The molecule has 0 unspecified atom stereocenters. The van der Waals surface area contributed by atoms with E-state index in [1.807, 2.05) is 33.0 Å². The molecule has 6 nitrogen and oxygen atoms in total. The normalized spacial score (nSPS) is 13.3. The summed E-state index contributed by atoms with van der Waals surface area (Å²) in [5.74, 6) is -0.0379. The fourth-order valence-corrected chi connectivity index (χ4v) is 4.44. The zero-order valence-electron chi connectivity index (χ0n) is 21.0. The minimum Gasteiger partial charge on any atom is -0.491 e. The molecular weight excluding hydrogens is 464 g/mol. The largest absolute Gasteiger partial charge is 0.491 e. The van der Waals surface area contributed by atoms with Gasteiger partial charge in [-0.3, -0.25) is 0 Å². The van der Waals surface area contributed by atoms with Crippen molar-refractivity contribution >= 4 is 28.9 Å². The highest BCUT2D eigenvalue weighted by atomic mass is 35.5. The van der Waals surface area contributed by atoms with Crippen molar-refractivity contribution < 1.29 is 19.4 Å². The van der Waals surface area contributed by atoms with Gasteiger partial charge >= 0.3 is 5.97 Å². The van der Waals surface area contributed by atoms with Crippen LogP contribution >= 0.6 is 11.6 Å². The van der Waals surface area contributed by atoms with Crippen molar-refractivity contribution in [1.29, 1.82) is 0 Å². The number of carboxylic acids is 1. The van der Waals surface area contributed by atoms with Gasteiger partial charge < -0.3 is 24.4 Å². The van der Waals surface area contributed by atoms with Gasteiger partial charge in [0.25, 0.3) is 0 Å². The lowest BCUT2D eigenvalue weighted by Crippen LogP contribution is -2.23. The molecule has 0 spiro atoms. The first-order valence-electron chi connectivity index (χ1n) is 12.3. The third kappa shape index (κ3) is 8.57. The highest BCUT2D eigenvalue weighted by molar-refractivity contribution is 6.30. The average Bonchev–Trinajstić information content (AvgIpc) is 2.95. The second kappa shape index (κ2) is 13.5. The highest BCUT2D eigenvalue weighted by Crippen LogP contribution is 2.39. The summed E-state index contributed by atoms with van der Waals surface area (Å²) in [4.78, 5) is 15.2. The molecule has 0 amide bonds. The molecule has 3 rings (SSSR count). The Kier molecular flexibility index (Phi) is 10.5. The lowest BCUT2D eigenvalue weighted by atomic mass is 10.0. The Balaban J connectivity index is 1.68. The molecule has 1 aliphatic heterocycles. The molecule has 0 fully saturated rings. The fourth-order valence-electron chi connectivity index (χ4n) is 4.27. The first-order valence-corrected chi connectivity index (χ1v) is 12.7. The summed E-state index contributed by atoms with van der Waals surface area (Å²) in [5.41, 5.74) is 4.95. The molecule has 1 heterocycles. The Hall–Kier alpha value is -2.54. The molecule has 0 saturated heterocycles. The van der Waals surface area contributed by atoms with Crippen molar-refractivity contribution in [3.05, 3.63) is 64.7 Å². The Morgan fingerprint density at radius 1 is 1.11 bits per heavy atom. The van der Waals surface area contributed by atoms with Gasteiger partial charge in [-0.2, -0.15) is 0 Å². The van der Waals surface area contributed by atoms with Gasteiger partial charge in [-0.05, 0) is 94.6 Å². The van der Waals surface area contributed by atoms with Gasteiger partial charge in [0.2, 0.25) is 0 Å². The molecule has 0 atom stereocenters. The van der Waals surface area contributed by atoms with Crippen LogP contribution in [0.4, 0.5) is 11.4 Å². The van der Waals surface area contributed by atoms with Crippen LogP contribution in [0.25, 0.3) is 0 Å². The van der Waals surface area contributed by atoms with Crippen LogP contribution in [0, 0.1) is 0 Å². The first-order chi connectivity index (χ1) is 16.8. The van der Waals surface area contributed by atoms with Crippen LogP contribution in [0.15, 0.2) is 48.6 Å². The predicted octanol–water partition coefficient (Wildman–Crippen LogP) is 5.73. The summed E-state index contributed by atoms with van der Waals surface area (Å²) >= 11 is 6.40. The van der Waals surface area contributed by atoms with E-state index in [0.29, 0.717) is 19.8 Å². The number of carboxylic acid groups (broad SMARTS) is 1. The summed E-state index contributed by atoms with van der Waals surface area (Å²) in [6.45, 7) is 7.56. The zero-order chi connectivity index (χ0) is 25.2. The predicted molar refractivity (Wildman–Crippen MR) is 142 cm³/mol. The number of aryl methyl sites for hydroxylation is 2. The van der Waals surface area contributed by atoms with E-state index >= 15 is 0 Å². The van der Waals surface area contributed by atoms with E-state index in [1.54, 1.807) is 6.08 Å². The molecule has 1 N–H and O–H groups in total. The molecule has 2 aromatic carbocycles. The van der Waals surface area contributed by atoms with Crippen molar-refractivity contribution in [2.24, 2.45) is 0 Å². The van der Waals surface area contributed by atoms with Gasteiger partial charge in [0.15, 0.2) is 0 Å². The number of fused-ring (bicyclic) bond motifs is 2. The third-order valence-electron chi connectivity index (χ3n) is 6.00. The number of halogens is 1. The average molecular weight is 501 g/mol. The van der Waals surface area contributed by atoms with Gasteiger partial charge in [-0.1, -0.05) is 23.7 Å². The van der Waals surface area contributed by atoms with Crippen LogP contribution in [-0.4, -0.2) is 62.0 Å². The number of hydrogen-bond acceptors (Lipinski definition) is 5. The molecule has 35 heavy (non-hydrogen) atoms. The smallest absolute Gasteiger partial charge is 0.328 e. The van der Waals surface area contributed by atoms with Gasteiger partial charge in [0, 0.05) is 35.6 Å². The van der Waals surface area contributed by atoms with Crippen molar-refractivity contribution in [1.82, 2.24) is 4.90 Å².